The molecule has 0 spiro atoms. The molecule has 1 N–H and O–H groups in total. The Morgan fingerprint density at radius 3 is 2.37 bits per heavy atom. The maximum atomic E-state index is 12.2. The highest BCUT2D eigenvalue weighted by molar-refractivity contribution is 6.09. The van der Waals surface area contributed by atoms with Crippen molar-refractivity contribution >= 4 is 5.71 Å². The lowest BCUT2D eigenvalue weighted by molar-refractivity contribution is -0.408. The van der Waals surface area contributed by atoms with Gasteiger partial charge in [-0.1, -0.05) is 6.58 Å². The third-order valence-corrected chi connectivity index (χ3v) is 3.24. The summed E-state index contributed by atoms with van der Waals surface area (Å²) in [5, 5.41) is 23.1. The molecule has 0 bridgehead atoms. The number of hydrogen-bond donors (Lipinski definition) is 1. The van der Waals surface area contributed by atoms with Gasteiger partial charge in [-0.2, -0.15) is 4.74 Å². The highest BCUT2D eigenvalue weighted by atomic mass is 16.5. The smallest absolute Gasteiger partial charge is 0.249 e. The molecule has 2 rings (SSSR count). The van der Waals surface area contributed by atoms with Gasteiger partial charge in [0.15, 0.2) is 0 Å². The molecular weight excluding hydrogens is 244 g/mol. The zero-order valence-electron chi connectivity index (χ0n) is 11.2. The molecular formula is C14H16N2O3. The molecule has 0 radical (unpaired) electrons. The summed E-state index contributed by atoms with van der Waals surface area (Å²) in [5.41, 5.74) is 2.15. The Labute approximate surface area is 111 Å². The van der Waals surface area contributed by atoms with Crippen LogP contribution < -0.4 is 4.74 Å². The molecule has 5 nitrogen and oxygen atoms in total. The molecule has 0 unspecified atom stereocenters. The van der Waals surface area contributed by atoms with Gasteiger partial charge in [0.1, 0.15) is 17.1 Å². The molecule has 0 aliphatic carbocycles. The molecule has 0 aromatic heterocycles. The Hall–Kier alpha value is -2.27. The maximum Gasteiger partial charge on any atom is 0.249 e. The van der Waals surface area contributed by atoms with Crippen molar-refractivity contribution in [2.24, 2.45) is 0 Å². The SMILES string of the molecule is C=C1C(c2ccc(OC)cc2)=[N+]([O-])C(C)=C(C)N1O. The van der Waals surface area contributed by atoms with Gasteiger partial charge in [-0.3, -0.25) is 5.21 Å². The molecule has 19 heavy (non-hydrogen) atoms. The van der Waals surface area contributed by atoms with Gasteiger partial charge in [0.25, 0.3) is 0 Å². The van der Waals surface area contributed by atoms with Gasteiger partial charge in [-0.25, -0.2) is 5.06 Å². The first kappa shape index (κ1) is 13.2. The molecule has 0 amide bonds. The summed E-state index contributed by atoms with van der Waals surface area (Å²) in [6, 6.07) is 7.02. The van der Waals surface area contributed by atoms with Crippen LogP contribution in [0.3, 0.4) is 0 Å². The van der Waals surface area contributed by atoms with E-state index >= 15 is 0 Å². The van der Waals surface area contributed by atoms with Gasteiger partial charge < -0.3 is 9.94 Å². The lowest BCUT2D eigenvalue weighted by atomic mass is 10.1. The molecule has 0 saturated heterocycles. The second kappa shape index (κ2) is 4.78. The number of hydrogen-bond acceptors (Lipinski definition) is 4. The summed E-state index contributed by atoms with van der Waals surface area (Å²) in [6.07, 6.45) is 0. The molecule has 1 aliphatic rings. The van der Waals surface area contributed by atoms with Gasteiger partial charge in [0, 0.05) is 6.92 Å². The van der Waals surface area contributed by atoms with E-state index in [1.165, 1.54) is 0 Å². The Balaban J connectivity index is 2.55. The zero-order valence-corrected chi connectivity index (χ0v) is 11.2. The zero-order chi connectivity index (χ0) is 14.2. The van der Waals surface area contributed by atoms with Crippen LogP contribution in [0.4, 0.5) is 0 Å². The highest BCUT2D eigenvalue weighted by Crippen LogP contribution is 2.24. The van der Waals surface area contributed by atoms with Crippen molar-refractivity contribution in [3.63, 3.8) is 0 Å². The quantitative estimate of drug-likeness (QED) is 0.655. The first-order chi connectivity index (χ1) is 8.97. The van der Waals surface area contributed by atoms with Crippen molar-refractivity contribution in [1.29, 1.82) is 0 Å². The molecule has 1 heterocycles. The van der Waals surface area contributed by atoms with E-state index < -0.39 is 0 Å². The van der Waals surface area contributed by atoms with Crippen molar-refractivity contribution < 1.29 is 14.7 Å². The summed E-state index contributed by atoms with van der Waals surface area (Å²) in [5.74, 6) is 0.701. The van der Waals surface area contributed by atoms with Crippen molar-refractivity contribution in [2.45, 2.75) is 13.8 Å². The Kier molecular flexibility index (Phi) is 3.31. The summed E-state index contributed by atoms with van der Waals surface area (Å²) in [6.45, 7) is 7.08. The van der Waals surface area contributed by atoms with Crippen LogP contribution in [0.1, 0.15) is 19.4 Å². The van der Waals surface area contributed by atoms with Crippen LogP contribution in [0.5, 0.6) is 5.75 Å². The second-order valence-electron chi connectivity index (χ2n) is 4.30. The van der Waals surface area contributed by atoms with Crippen molar-refractivity contribution in [2.75, 3.05) is 7.11 Å². The minimum absolute atomic E-state index is 0.253. The first-order valence-electron chi connectivity index (χ1n) is 5.81. The third kappa shape index (κ3) is 2.08. The number of methoxy groups -OCH3 is 1. The molecule has 100 valence electrons. The van der Waals surface area contributed by atoms with Crippen LogP contribution >= 0.6 is 0 Å². The van der Waals surface area contributed by atoms with Crippen LogP contribution in [-0.4, -0.2) is 27.8 Å². The van der Waals surface area contributed by atoms with Crippen molar-refractivity contribution in [3.8, 4) is 5.75 Å². The molecule has 5 heteroatoms. The molecule has 0 saturated carbocycles. The molecule has 1 aliphatic heterocycles. The van der Waals surface area contributed by atoms with Crippen LogP contribution in [0.15, 0.2) is 47.9 Å². The Morgan fingerprint density at radius 2 is 1.84 bits per heavy atom. The van der Waals surface area contributed by atoms with Gasteiger partial charge >= 0.3 is 0 Å². The van der Waals surface area contributed by atoms with Gasteiger partial charge in [-0.15, -0.1) is 0 Å². The van der Waals surface area contributed by atoms with Crippen LogP contribution in [-0.2, 0) is 0 Å². The van der Waals surface area contributed by atoms with E-state index in [9.17, 15) is 10.4 Å². The normalized spacial score (nSPS) is 16.2. The minimum Gasteiger partial charge on any atom is -0.618 e. The summed E-state index contributed by atoms with van der Waals surface area (Å²) in [7, 11) is 1.58. The molecule has 1 aromatic rings. The average molecular weight is 260 g/mol. The number of nitrogens with zero attached hydrogens (tertiary/aromatic N) is 2. The monoisotopic (exact) mass is 260 g/mol. The maximum absolute atomic E-state index is 12.2. The number of allylic oxidation sites excluding steroid dienone is 3. The summed E-state index contributed by atoms with van der Waals surface area (Å²) >= 11 is 0. The first-order valence-corrected chi connectivity index (χ1v) is 5.81. The topological polar surface area (TPSA) is 58.8 Å². The predicted octanol–water partition coefficient (Wildman–Crippen LogP) is 2.46. The summed E-state index contributed by atoms with van der Waals surface area (Å²) < 4.78 is 5.86. The Morgan fingerprint density at radius 1 is 1.26 bits per heavy atom. The van der Waals surface area contributed by atoms with E-state index in [0.29, 0.717) is 28.4 Å². The van der Waals surface area contributed by atoms with E-state index in [-0.39, 0.29) is 5.70 Å². The molecule has 1 aromatic carbocycles. The number of rotatable bonds is 2. The van der Waals surface area contributed by atoms with Crippen molar-refractivity contribution in [3.05, 3.63) is 58.7 Å². The van der Waals surface area contributed by atoms with Gasteiger partial charge in [0.2, 0.25) is 11.4 Å². The van der Waals surface area contributed by atoms with E-state index in [0.717, 1.165) is 9.80 Å². The van der Waals surface area contributed by atoms with Crippen LogP contribution in [0, 0.1) is 5.21 Å². The number of benzene rings is 1. The fourth-order valence-corrected chi connectivity index (χ4v) is 1.92. The van der Waals surface area contributed by atoms with Gasteiger partial charge in [-0.05, 0) is 31.2 Å². The average Bonchev–Trinajstić information content (AvgIpc) is 2.44. The van der Waals surface area contributed by atoms with E-state index in [2.05, 4.69) is 6.58 Å². The van der Waals surface area contributed by atoms with Crippen LogP contribution in [0.2, 0.25) is 0 Å². The third-order valence-electron chi connectivity index (χ3n) is 3.24. The van der Waals surface area contributed by atoms with Gasteiger partial charge in [0.05, 0.1) is 12.7 Å². The minimum atomic E-state index is 0.253. The van der Waals surface area contributed by atoms with E-state index in [1.807, 2.05) is 0 Å². The highest BCUT2D eigenvalue weighted by Gasteiger charge is 2.30. The summed E-state index contributed by atoms with van der Waals surface area (Å²) in [4.78, 5) is 0. The second-order valence-corrected chi connectivity index (χ2v) is 4.30. The lowest BCUT2D eigenvalue weighted by Crippen LogP contribution is -2.34. The van der Waals surface area contributed by atoms with E-state index in [1.54, 1.807) is 45.2 Å². The largest absolute Gasteiger partial charge is 0.618 e. The molecule has 0 atom stereocenters. The fourth-order valence-electron chi connectivity index (χ4n) is 1.92. The number of ether oxygens (including phenoxy) is 1. The fraction of sp³-hybridized carbons (Fsp3) is 0.214. The lowest BCUT2D eigenvalue weighted by Gasteiger charge is -2.26. The molecule has 0 fully saturated rings. The van der Waals surface area contributed by atoms with E-state index in [4.69, 9.17) is 4.74 Å². The number of hydroxylamine groups is 3. The Bertz CT molecular complexity index is 585. The standard InChI is InChI=1S/C14H16N2O3/c1-9-10(2)16(18)14(11(3)15(9)17)12-5-7-13(19-4)8-6-12/h5-8,17H,3H2,1-2,4H3. The van der Waals surface area contributed by atoms with Crippen LogP contribution in [0.25, 0.3) is 0 Å². The van der Waals surface area contributed by atoms with Crippen molar-refractivity contribution in [1.82, 2.24) is 5.06 Å². The predicted molar refractivity (Wildman–Crippen MR) is 71.9 cm³/mol.